The van der Waals surface area contributed by atoms with Crippen molar-refractivity contribution >= 4 is 39.1 Å². The number of anilines is 2. The number of rotatable bonds is 9. The number of nitrogens with zero attached hydrogens (tertiary/aromatic N) is 3. The highest BCUT2D eigenvalue weighted by Crippen LogP contribution is 2.26. The number of nitrogens with one attached hydrogen (secondary N) is 1. The number of benzene rings is 2. The van der Waals surface area contributed by atoms with Crippen molar-refractivity contribution in [2.24, 2.45) is 4.99 Å². The smallest absolute Gasteiger partial charge is 0.0660 e. The molecule has 0 bridgehead atoms. The van der Waals surface area contributed by atoms with Gasteiger partial charge in [0.1, 0.15) is 0 Å². The molecule has 5 heteroatoms. The normalized spacial score (nSPS) is 14.3. The molecule has 4 nitrogen and oxygen atoms in total. The minimum absolute atomic E-state index is 0.697. The average molecular weight is 455 g/mol. The monoisotopic (exact) mass is 454 g/mol. The quantitative estimate of drug-likeness (QED) is 0.542. The minimum Gasteiger partial charge on any atom is -0.373 e. The number of aliphatic imine (C=N–C) groups is 1. The van der Waals surface area contributed by atoms with Crippen molar-refractivity contribution in [2.75, 3.05) is 50.5 Å². The van der Waals surface area contributed by atoms with Gasteiger partial charge in [0.25, 0.3) is 0 Å². The summed E-state index contributed by atoms with van der Waals surface area (Å²) in [6, 6.07) is 14.9. The molecule has 2 aromatic rings. The van der Waals surface area contributed by atoms with Gasteiger partial charge in [0.2, 0.25) is 0 Å². The number of hydrogen-bond donors (Lipinski definition) is 1. The fourth-order valence-electron chi connectivity index (χ4n) is 3.34. The van der Waals surface area contributed by atoms with Crippen LogP contribution in [-0.2, 0) is 0 Å². The van der Waals surface area contributed by atoms with Crippen LogP contribution in [0.1, 0.15) is 30.9 Å². The van der Waals surface area contributed by atoms with Crippen molar-refractivity contribution in [3.63, 3.8) is 0 Å². The van der Waals surface area contributed by atoms with Crippen LogP contribution in [-0.4, -0.2) is 51.4 Å². The molecule has 3 rings (SSSR count). The Morgan fingerprint density at radius 2 is 1.86 bits per heavy atom. The summed E-state index contributed by atoms with van der Waals surface area (Å²) in [6.45, 7) is 6.22. The zero-order valence-corrected chi connectivity index (χ0v) is 19.2. The second-order valence-electron chi connectivity index (χ2n) is 7.64. The van der Waals surface area contributed by atoms with Crippen molar-refractivity contribution < 1.29 is 0 Å². The Balaban J connectivity index is 1.58. The molecular weight excluding hydrogens is 424 g/mol. The van der Waals surface area contributed by atoms with Crippen LogP contribution in [0.25, 0.3) is 5.57 Å². The Hall–Kier alpha value is -2.11. The van der Waals surface area contributed by atoms with Gasteiger partial charge in [-0.15, -0.1) is 0 Å². The first-order valence-corrected chi connectivity index (χ1v) is 11.1. The van der Waals surface area contributed by atoms with Crippen LogP contribution in [0.4, 0.5) is 11.4 Å². The molecule has 0 aliphatic carbocycles. The topological polar surface area (TPSA) is 30.9 Å². The van der Waals surface area contributed by atoms with Crippen molar-refractivity contribution in [1.29, 1.82) is 0 Å². The van der Waals surface area contributed by atoms with Crippen LogP contribution in [0.3, 0.4) is 0 Å². The van der Waals surface area contributed by atoms with Crippen molar-refractivity contribution in [1.82, 2.24) is 4.90 Å². The van der Waals surface area contributed by atoms with Crippen LogP contribution in [0.15, 0.2) is 58.1 Å². The van der Waals surface area contributed by atoms with Gasteiger partial charge in [0.15, 0.2) is 0 Å². The maximum absolute atomic E-state index is 4.47. The number of unbranched alkanes of at least 4 members (excludes halogenated alkanes) is 1. The first kappa shape index (κ1) is 21.6. The van der Waals surface area contributed by atoms with E-state index in [-0.39, 0.29) is 0 Å². The lowest BCUT2D eigenvalue weighted by molar-refractivity contribution is 0.335. The molecule has 0 saturated carbocycles. The highest BCUT2D eigenvalue weighted by atomic mass is 79.9. The van der Waals surface area contributed by atoms with E-state index in [0.29, 0.717) is 6.54 Å². The minimum atomic E-state index is 0.697. The van der Waals surface area contributed by atoms with Gasteiger partial charge in [-0.05, 0) is 73.1 Å². The predicted octanol–water partition coefficient (Wildman–Crippen LogP) is 5.50. The van der Waals surface area contributed by atoms with Gasteiger partial charge >= 0.3 is 0 Å². The molecule has 0 amide bonds. The average Bonchev–Trinajstić information content (AvgIpc) is 2.74. The zero-order chi connectivity index (χ0) is 20.6. The first-order valence-electron chi connectivity index (χ1n) is 10.3. The van der Waals surface area contributed by atoms with E-state index in [1.165, 1.54) is 36.2 Å². The SMILES string of the molecule is CCCCN(C)CCN(C)c1ccc(N/C=C2\CN=Cc3ccc(Br)cc32)cc1. The molecule has 0 aromatic heterocycles. The molecule has 2 aromatic carbocycles. The van der Waals surface area contributed by atoms with E-state index in [1.54, 1.807) is 0 Å². The van der Waals surface area contributed by atoms with E-state index < -0.39 is 0 Å². The third kappa shape index (κ3) is 6.18. The molecule has 1 N–H and O–H groups in total. The van der Waals surface area contributed by atoms with Crippen LogP contribution in [0, 0.1) is 0 Å². The lowest BCUT2D eigenvalue weighted by Crippen LogP contribution is -2.31. The fourth-order valence-corrected chi connectivity index (χ4v) is 3.70. The molecule has 1 heterocycles. The van der Waals surface area contributed by atoms with Gasteiger partial charge in [0, 0.05) is 48.4 Å². The largest absolute Gasteiger partial charge is 0.373 e. The first-order chi connectivity index (χ1) is 14.1. The Kier molecular flexibility index (Phi) is 7.90. The van der Waals surface area contributed by atoms with Crippen molar-refractivity contribution in [3.8, 4) is 0 Å². The summed E-state index contributed by atoms with van der Waals surface area (Å²) in [7, 11) is 4.36. The van der Waals surface area contributed by atoms with E-state index in [0.717, 1.165) is 28.8 Å². The summed E-state index contributed by atoms with van der Waals surface area (Å²) in [4.78, 5) is 9.19. The van der Waals surface area contributed by atoms with E-state index in [9.17, 15) is 0 Å². The van der Waals surface area contributed by atoms with Crippen LogP contribution in [0.2, 0.25) is 0 Å². The van der Waals surface area contributed by atoms with E-state index >= 15 is 0 Å². The summed E-state index contributed by atoms with van der Waals surface area (Å²) < 4.78 is 1.09. The molecule has 1 aliphatic rings. The van der Waals surface area contributed by atoms with E-state index in [2.05, 4.69) is 106 Å². The number of fused-ring (bicyclic) bond motifs is 1. The number of hydrogen-bond acceptors (Lipinski definition) is 4. The third-order valence-corrected chi connectivity index (χ3v) is 5.78. The number of likely N-dealkylation sites (N-methyl/N-ethyl adjacent to an activating group) is 2. The lowest BCUT2D eigenvalue weighted by Gasteiger charge is -2.23. The summed E-state index contributed by atoms with van der Waals surface area (Å²) in [5.41, 5.74) is 5.91. The Labute approximate surface area is 183 Å². The molecule has 1 aliphatic heterocycles. The van der Waals surface area contributed by atoms with E-state index in [1.807, 2.05) is 6.21 Å². The van der Waals surface area contributed by atoms with Crippen molar-refractivity contribution in [3.05, 3.63) is 64.3 Å². The Morgan fingerprint density at radius 3 is 2.62 bits per heavy atom. The Bertz CT molecular complexity index is 858. The van der Waals surface area contributed by atoms with Gasteiger partial charge in [-0.25, -0.2) is 0 Å². The summed E-state index contributed by atoms with van der Waals surface area (Å²) >= 11 is 3.57. The molecule has 0 fully saturated rings. The molecule has 0 spiro atoms. The predicted molar refractivity (Wildman–Crippen MR) is 130 cm³/mol. The summed E-state index contributed by atoms with van der Waals surface area (Å²) in [6.07, 6.45) is 6.54. The lowest BCUT2D eigenvalue weighted by atomic mass is 9.99. The molecule has 154 valence electrons. The maximum atomic E-state index is 4.47. The summed E-state index contributed by atoms with van der Waals surface area (Å²) in [5.74, 6) is 0. The molecule has 0 saturated heterocycles. The van der Waals surface area contributed by atoms with Gasteiger partial charge in [-0.3, -0.25) is 4.99 Å². The van der Waals surface area contributed by atoms with Crippen LogP contribution in [0.5, 0.6) is 0 Å². The maximum Gasteiger partial charge on any atom is 0.0660 e. The fraction of sp³-hybridized carbons (Fsp3) is 0.375. The van der Waals surface area contributed by atoms with Gasteiger partial charge in [0.05, 0.1) is 6.54 Å². The molecule has 0 atom stereocenters. The number of halogens is 1. The van der Waals surface area contributed by atoms with Gasteiger partial charge in [-0.1, -0.05) is 35.3 Å². The third-order valence-electron chi connectivity index (χ3n) is 5.28. The molecule has 0 unspecified atom stereocenters. The van der Waals surface area contributed by atoms with Crippen LogP contribution < -0.4 is 10.2 Å². The Morgan fingerprint density at radius 1 is 1.07 bits per heavy atom. The molecule has 29 heavy (non-hydrogen) atoms. The van der Waals surface area contributed by atoms with E-state index in [4.69, 9.17) is 0 Å². The van der Waals surface area contributed by atoms with Gasteiger partial charge < -0.3 is 15.1 Å². The van der Waals surface area contributed by atoms with Crippen molar-refractivity contribution in [2.45, 2.75) is 19.8 Å². The van der Waals surface area contributed by atoms with Gasteiger partial charge in [-0.2, -0.15) is 0 Å². The highest BCUT2D eigenvalue weighted by molar-refractivity contribution is 9.10. The zero-order valence-electron chi connectivity index (χ0n) is 17.7. The molecule has 0 radical (unpaired) electrons. The second kappa shape index (κ2) is 10.6. The highest BCUT2D eigenvalue weighted by Gasteiger charge is 2.11. The van der Waals surface area contributed by atoms with Crippen LogP contribution >= 0.6 is 15.9 Å². The second-order valence-corrected chi connectivity index (χ2v) is 8.56. The molecular formula is C24H31BrN4. The summed E-state index contributed by atoms with van der Waals surface area (Å²) in [5, 5.41) is 3.44. The standard InChI is InChI=1S/C24H31BrN4/c1-4-5-12-28(2)13-14-29(3)23-10-8-22(9-11-23)27-18-20-17-26-16-19-6-7-21(25)15-24(19)20/h6-11,15-16,18,27H,4-5,12-14,17H2,1-3H3/b20-18+.